The normalized spacial score (nSPS) is 15.8. The van der Waals surface area contributed by atoms with Crippen LogP contribution in [-0.4, -0.2) is 43.6 Å². The minimum atomic E-state index is 0.232. The summed E-state index contributed by atoms with van der Waals surface area (Å²) in [6.45, 7) is 1.85. The lowest BCUT2D eigenvalue weighted by Gasteiger charge is -2.32. The van der Waals surface area contributed by atoms with Gasteiger partial charge in [-0.25, -0.2) is 0 Å². The fraction of sp³-hybridized carbons (Fsp3) is 0.316. The average Bonchev–Trinajstić information content (AvgIpc) is 3.29. The summed E-state index contributed by atoms with van der Waals surface area (Å²) in [6.07, 6.45) is 5.90. The Hall–Kier alpha value is -3.09. The monoisotopic (exact) mass is 348 g/mol. The van der Waals surface area contributed by atoms with Crippen molar-refractivity contribution in [2.75, 3.05) is 18.0 Å². The van der Waals surface area contributed by atoms with Gasteiger partial charge in [-0.15, -0.1) is 15.3 Å². The van der Waals surface area contributed by atoms with Crippen LogP contribution in [0.3, 0.4) is 0 Å². The first-order valence-electron chi connectivity index (χ1n) is 8.91. The summed E-state index contributed by atoms with van der Waals surface area (Å²) < 4.78 is 10.2. The standard InChI is InChI=1S/C19H20N6O/c1-23-10-9-15-16(23)3-2-4-17(15)26-14-7-11-24(12-8-14)19-6-5-18-21-20-13-25(18)22-19/h2-6,9-10,13-14H,7-8,11-12H2,1H3. The Morgan fingerprint density at radius 2 is 1.96 bits per heavy atom. The van der Waals surface area contributed by atoms with Crippen LogP contribution in [0.2, 0.25) is 0 Å². The van der Waals surface area contributed by atoms with E-state index in [0.29, 0.717) is 0 Å². The van der Waals surface area contributed by atoms with Gasteiger partial charge in [-0.1, -0.05) is 6.07 Å². The van der Waals surface area contributed by atoms with Crippen molar-refractivity contribution < 1.29 is 4.74 Å². The number of benzene rings is 1. The van der Waals surface area contributed by atoms with E-state index in [1.807, 2.05) is 12.1 Å². The Morgan fingerprint density at radius 3 is 2.85 bits per heavy atom. The Labute approximate surface area is 150 Å². The maximum Gasteiger partial charge on any atom is 0.177 e. The Bertz CT molecular complexity index is 1060. The third kappa shape index (κ3) is 2.56. The minimum absolute atomic E-state index is 0.232. The quantitative estimate of drug-likeness (QED) is 0.570. The van der Waals surface area contributed by atoms with Crippen LogP contribution >= 0.6 is 0 Å². The number of hydrogen-bond acceptors (Lipinski definition) is 5. The smallest absolute Gasteiger partial charge is 0.177 e. The number of piperidine rings is 1. The number of hydrogen-bond donors (Lipinski definition) is 0. The van der Waals surface area contributed by atoms with E-state index in [4.69, 9.17) is 4.74 Å². The summed E-state index contributed by atoms with van der Waals surface area (Å²) in [6, 6.07) is 12.3. The second kappa shape index (κ2) is 6.01. The second-order valence-corrected chi connectivity index (χ2v) is 6.75. The summed E-state index contributed by atoms with van der Waals surface area (Å²) in [7, 11) is 2.06. The van der Waals surface area contributed by atoms with Crippen LogP contribution in [0.25, 0.3) is 16.6 Å². The molecule has 0 atom stereocenters. The van der Waals surface area contributed by atoms with E-state index >= 15 is 0 Å². The summed E-state index contributed by atoms with van der Waals surface area (Å²) in [4.78, 5) is 2.29. The number of rotatable bonds is 3. The lowest BCUT2D eigenvalue weighted by molar-refractivity contribution is 0.173. The molecule has 0 saturated carbocycles. The molecule has 1 aliphatic heterocycles. The molecule has 1 aromatic carbocycles. The third-order valence-electron chi connectivity index (χ3n) is 5.10. The highest BCUT2D eigenvalue weighted by Gasteiger charge is 2.22. The number of nitrogens with zero attached hydrogens (tertiary/aromatic N) is 6. The Kier molecular flexibility index (Phi) is 3.51. The third-order valence-corrected chi connectivity index (χ3v) is 5.10. The van der Waals surface area contributed by atoms with Gasteiger partial charge in [0.1, 0.15) is 24.0 Å². The fourth-order valence-corrected chi connectivity index (χ4v) is 3.65. The van der Waals surface area contributed by atoms with Gasteiger partial charge in [0.05, 0.1) is 5.52 Å². The molecule has 0 N–H and O–H groups in total. The van der Waals surface area contributed by atoms with Crippen LogP contribution in [0.1, 0.15) is 12.8 Å². The van der Waals surface area contributed by atoms with Gasteiger partial charge < -0.3 is 14.2 Å². The van der Waals surface area contributed by atoms with Gasteiger partial charge in [-0.3, -0.25) is 0 Å². The highest BCUT2D eigenvalue weighted by Crippen LogP contribution is 2.29. The zero-order chi connectivity index (χ0) is 17.5. The van der Waals surface area contributed by atoms with E-state index in [2.05, 4.69) is 62.3 Å². The lowest BCUT2D eigenvalue weighted by atomic mass is 10.1. The average molecular weight is 348 g/mol. The largest absolute Gasteiger partial charge is 0.490 e. The summed E-state index contributed by atoms with van der Waals surface area (Å²) in [5.74, 6) is 1.94. The van der Waals surface area contributed by atoms with Crippen molar-refractivity contribution in [3.8, 4) is 5.75 Å². The molecule has 1 aliphatic rings. The zero-order valence-electron chi connectivity index (χ0n) is 14.6. The van der Waals surface area contributed by atoms with Crippen molar-refractivity contribution >= 4 is 22.4 Å². The summed E-state index contributed by atoms with van der Waals surface area (Å²) >= 11 is 0. The highest BCUT2D eigenvalue weighted by molar-refractivity contribution is 5.86. The predicted octanol–water partition coefficient (Wildman–Crippen LogP) is 2.66. The van der Waals surface area contributed by atoms with Gasteiger partial charge in [-0.2, -0.15) is 4.52 Å². The molecule has 0 amide bonds. The van der Waals surface area contributed by atoms with Crippen LogP contribution in [-0.2, 0) is 7.05 Å². The molecule has 0 radical (unpaired) electrons. The van der Waals surface area contributed by atoms with Crippen molar-refractivity contribution in [2.45, 2.75) is 18.9 Å². The van der Waals surface area contributed by atoms with E-state index in [9.17, 15) is 0 Å². The van der Waals surface area contributed by atoms with Gasteiger partial charge in [0.15, 0.2) is 5.65 Å². The molecule has 5 rings (SSSR count). The van der Waals surface area contributed by atoms with Crippen LogP contribution in [0, 0.1) is 0 Å². The van der Waals surface area contributed by atoms with E-state index in [1.54, 1.807) is 10.8 Å². The van der Waals surface area contributed by atoms with Crippen molar-refractivity contribution in [3.63, 3.8) is 0 Å². The van der Waals surface area contributed by atoms with Crippen molar-refractivity contribution in [1.29, 1.82) is 0 Å². The first-order chi connectivity index (χ1) is 12.8. The van der Waals surface area contributed by atoms with Gasteiger partial charge in [-0.05, 0) is 30.3 Å². The SMILES string of the molecule is Cn1ccc2c(OC3CCN(c4ccc5nncn5n4)CC3)cccc21. The molecule has 4 heterocycles. The topological polar surface area (TPSA) is 60.5 Å². The maximum atomic E-state index is 6.34. The van der Waals surface area contributed by atoms with E-state index < -0.39 is 0 Å². The number of fused-ring (bicyclic) bond motifs is 2. The molecule has 0 spiro atoms. The second-order valence-electron chi connectivity index (χ2n) is 6.75. The van der Waals surface area contributed by atoms with E-state index in [-0.39, 0.29) is 6.10 Å². The molecule has 1 fully saturated rings. The highest BCUT2D eigenvalue weighted by atomic mass is 16.5. The molecule has 0 unspecified atom stereocenters. The van der Waals surface area contributed by atoms with Crippen LogP contribution in [0.15, 0.2) is 48.9 Å². The molecule has 132 valence electrons. The summed E-state index contributed by atoms with van der Waals surface area (Å²) in [5.41, 5.74) is 1.97. The number of ether oxygens (including phenoxy) is 1. The van der Waals surface area contributed by atoms with Crippen LogP contribution in [0.4, 0.5) is 5.82 Å². The fourth-order valence-electron chi connectivity index (χ4n) is 3.65. The molecule has 1 saturated heterocycles. The van der Waals surface area contributed by atoms with Crippen molar-refractivity contribution in [1.82, 2.24) is 24.4 Å². The first-order valence-corrected chi connectivity index (χ1v) is 8.91. The van der Waals surface area contributed by atoms with Gasteiger partial charge in [0, 0.05) is 44.6 Å². The van der Waals surface area contributed by atoms with Gasteiger partial charge >= 0.3 is 0 Å². The zero-order valence-corrected chi connectivity index (χ0v) is 14.6. The molecule has 4 aromatic rings. The minimum Gasteiger partial charge on any atom is -0.490 e. The molecule has 0 aliphatic carbocycles. The Morgan fingerprint density at radius 1 is 1.08 bits per heavy atom. The molecular formula is C19H20N6O. The number of aromatic nitrogens is 5. The molecule has 7 heteroatoms. The van der Waals surface area contributed by atoms with Gasteiger partial charge in [0.2, 0.25) is 0 Å². The predicted molar refractivity (Wildman–Crippen MR) is 99.6 cm³/mol. The first kappa shape index (κ1) is 15.2. The van der Waals surface area contributed by atoms with Gasteiger partial charge in [0.25, 0.3) is 0 Å². The van der Waals surface area contributed by atoms with Crippen LogP contribution in [0.5, 0.6) is 5.75 Å². The molecular weight excluding hydrogens is 328 g/mol. The maximum absolute atomic E-state index is 6.34. The lowest BCUT2D eigenvalue weighted by Crippen LogP contribution is -2.38. The van der Waals surface area contributed by atoms with Crippen molar-refractivity contribution in [2.24, 2.45) is 7.05 Å². The molecule has 26 heavy (non-hydrogen) atoms. The molecule has 7 nitrogen and oxygen atoms in total. The number of anilines is 1. The van der Waals surface area contributed by atoms with Crippen LogP contribution < -0.4 is 9.64 Å². The molecule has 3 aromatic heterocycles. The summed E-state index contributed by atoms with van der Waals surface area (Å²) in [5, 5.41) is 13.6. The van der Waals surface area contributed by atoms with E-state index in [1.165, 1.54) is 10.9 Å². The molecule has 0 bridgehead atoms. The van der Waals surface area contributed by atoms with E-state index in [0.717, 1.165) is 43.1 Å². The number of aryl methyl sites for hydroxylation is 1. The van der Waals surface area contributed by atoms with Crippen molar-refractivity contribution in [3.05, 3.63) is 48.9 Å². The Balaban J connectivity index is 1.29.